The summed E-state index contributed by atoms with van der Waals surface area (Å²) in [4.78, 5) is 49.5. The Morgan fingerprint density at radius 3 is 2.33 bits per heavy atom. The molecule has 3 aromatic rings. The summed E-state index contributed by atoms with van der Waals surface area (Å²) in [5, 5.41) is 12.8. The van der Waals surface area contributed by atoms with Crippen molar-refractivity contribution in [2.45, 2.75) is 57.0 Å². The molecule has 0 aromatic heterocycles. The highest BCUT2D eigenvalue weighted by Crippen LogP contribution is 2.58. The lowest BCUT2D eigenvalue weighted by molar-refractivity contribution is -0.152. The van der Waals surface area contributed by atoms with Gasteiger partial charge in [-0.15, -0.1) is 0 Å². The van der Waals surface area contributed by atoms with E-state index in [9.17, 15) is 19.5 Å². The van der Waals surface area contributed by atoms with Gasteiger partial charge in [0.2, 0.25) is 11.8 Å². The zero-order valence-electron chi connectivity index (χ0n) is 26.6. The maximum Gasteiger partial charge on any atom is 0.253 e. The predicted molar refractivity (Wildman–Crippen MR) is 177 cm³/mol. The fourth-order valence-corrected chi connectivity index (χ4v) is 8.21. The maximum atomic E-state index is 15.0. The molecule has 46 heavy (non-hydrogen) atoms. The van der Waals surface area contributed by atoms with Crippen molar-refractivity contribution in [3.05, 3.63) is 103 Å². The second-order valence-electron chi connectivity index (χ2n) is 13.4. The molecule has 7 atom stereocenters. The van der Waals surface area contributed by atoms with E-state index in [2.05, 4.69) is 0 Å². The first kappa shape index (κ1) is 30.4. The van der Waals surface area contributed by atoms with Crippen molar-refractivity contribution < 1.29 is 24.2 Å². The van der Waals surface area contributed by atoms with E-state index in [0.717, 1.165) is 16.3 Å². The van der Waals surface area contributed by atoms with Crippen LogP contribution < -0.4 is 4.90 Å². The van der Waals surface area contributed by atoms with Crippen LogP contribution in [0.1, 0.15) is 32.8 Å². The summed E-state index contributed by atoms with van der Waals surface area (Å²) in [5.41, 5.74) is -0.795. The summed E-state index contributed by atoms with van der Waals surface area (Å²) < 4.78 is 7.02. The standard InChI is InChI=1S/C38H41N3O5/c1-4-25(2)30(24-42)41-33-36(45)40(29-17-16-27-14-8-9-15-28(27)22-29)21-11-19-38(33)32(35(41)44)31-34(43)39(20-10-18-37(31,3)46-38)23-26-12-6-5-7-13-26/h5-19,22,25,30-33,42H,4,20-21,23-24H2,1-3H3/t25-,30-,31-,32-,33?,37+,38-/m0/s1. The highest BCUT2D eigenvalue weighted by atomic mass is 16.5. The Labute approximate surface area is 269 Å². The molecule has 0 bridgehead atoms. The molecule has 238 valence electrons. The molecular formula is C38H41N3O5. The zero-order chi connectivity index (χ0) is 32.2. The second-order valence-corrected chi connectivity index (χ2v) is 13.4. The summed E-state index contributed by atoms with van der Waals surface area (Å²) in [6.07, 6.45) is 8.32. The molecular weight excluding hydrogens is 578 g/mol. The molecule has 0 aliphatic carbocycles. The van der Waals surface area contributed by atoms with Gasteiger partial charge in [-0.2, -0.15) is 0 Å². The van der Waals surface area contributed by atoms with Crippen LogP contribution in [-0.2, 0) is 25.7 Å². The normalized spacial score (nSPS) is 30.2. The number of nitrogens with zero attached hydrogens (tertiary/aromatic N) is 3. The van der Waals surface area contributed by atoms with Crippen molar-refractivity contribution in [1.29, 1.82) is 0 Å². The van der Waals surface area contributed by atoms with Crippen molar-refractivity contribution in [3.8, 4) is 0 Å². The minimum atomic E-state index is -1.39. The molecule has 2 saturated heterocycles. The topological polar surface area (TPSA) is 90.4 Å². The van der Waals surface area contributed by atoms with Crippen LogP contribution in [0.25, 0.3) is 10.8 Å². The molecule has 3 aromatic carbocycles. The molecule has 1 spiro atoms. The molecule has 2 fully saturated rings. The fraction of sp³-hybridized carbons (Fsp3) is 0.395. The molecule has 1 unspecified atom stereocenters. The first-order chi connectivity index (χ1) is 22.2. The van der Waals surface area contributed by atoms with Crippen LogP contribution in [0.3, 0.4) is 0 Å². The number of anilines is 1. The monoisotopic (exact) mass is 619 g/mol. The molecule has 1 N–H and O–H groups in total. The number of likely N-dealkylation sites (tertiary alicyclic amines) is 1. The summed E-state index contributed by atoms with van der Waals surface area (Å²) in [6, 6.07) is 22.0. The molecule has 0 radical (unpaired) electrons. The highest BCUT2D eigenvalue weighted by Gasteiger charge is 2.75. The second kappa shape index (κ2) is 11.5. The Bertz CT molecular complexity index is 1740. The van der Waals surface area contributed by atoms with E-state index in [4.69, 9.17) is 4.74 Å². The summed E-state index contributed by atoms with van der Waals surface area (Å²) >= 11 is 0. The molecule has 3 amide bonds. The average molecular weight is 620 g/mol. The lowest BCUT2D eigenvalue weighted by Crippen LogP contribution is -2.60. The first-order valence-corrected chi connectivity index (χ1v) is 16.3. The number of ether oxygens (including phenoxy) is 1. The number of carbonyl (C=O) groups is 3. The maximum absolute atomic E-state index is 15.0. The first-order valence-electron chi connectivity index (χ1n) is 16.3. The highest BCUT2D eigenvalue weighted by molar-refractivity contribution is 6.07. The van der Waals surface area contributed by atoms with Gasteiger partial charge in [-0.1, -0.05) is 105 Å². The Morgan fingerprint density at radius 1 is 0.870 bits per heavy atom. The third-order valence-corrected chi connectivity index (χ3v) is 10.7. The number of carbonyl (C=O) groups excluding carboxylic acids is 3. The number of hydrogen-bond acceptors (Lipinski definition) is 5. The summed E-state index contributed by atoms with van der Waals surface area (Å²) in [5.74, 6) is -2.66. The van der Waals surface area contributed by atoms with E-state index in [1.807, 2.05) is 118 Å². The third-order valence-electron chi connectivity index (χ3n) is 10.7. The van der Waals surface area contributed by atoms with Gasteiger partial charge in [-0.3, -0.25) is 14.4 Å². The Kier molecular flexibility index (Phi) is 7.60. The number of fused-ring (bicyclic) bond motifs is 3. The molecule has 8 nitrogen and oxygen atoms in total. The summed E-state index contributed by atoms with van der Waals surface area (Å²) in [7, 11) is 0. The van der Waals surface area contributed by atoms with Crippen molar-refractivity contribution in [1.82, 2.24) is 9.80 Å². The van der Waals surface area contributed by atoms with Crippen molar-refractivity contribution in [2.75, 3.05) is 24.6 Å². The van der Waals surface area contributed by atoms with Gasteiger partial charge in [0.25, 0.3) is 5.91 Å². The molecule has 4 heterocycles. The lowest BCUT2D eigenvalue weighted by atomic mass is 9.74. The van der Waals surface area contributed by atoms with Gasteiger partial charge in [0, 0.05) is 25.3 Å². The van der Waals surface area contributed by atoms with Gasteiger partial charge in [0.15, 0.2) is 0 Å². The number of hydrogen-bond donors (Lipinski definition) is 1. The van der Waals surface area contributed by atoms with E-state index < -0.39 is 35.1 Å². The van der Waals surface area contributed by atoms with Crippen LogP contribution in [0.15, 0.2) is 97.1 Å². The van der Waals surface area contributed by atoms with Gasteiger partial charge < -0.3 is 24.5 Å². The van der Waals surface area contributed by atoms with Crippen molar-refractivity contribution >= 4 is 34.2 Å². The SMILES string of the molecule is CC[C@H](C)[C@H](CO)N1C(=O)[C@@H]2[C@H]3C(=O)N(Cc4ccccc4)CC=C[C@@]3(C)O[C@@]23C=CCN(c2ccc4ccccc4c2)C(=O)C13. The van der Waals surface area contributed by atoms with Crippen molar-refractivity contribution in [2.24, 2.45) is 17.8 Å². The minimum absolute atomic E-state index is 0.0929. The van der Waals surface area contributed by atoms with Crippen LogP contribution in [0, 0.1) is 17.8 Å². The smallest absolute Gasteiger partial charge is 0.253 e. The van der Waals surface area contributed by atoms with E-state index in [0.29, 0.717) is 25.2 Å². The fourth-order valence-electron chi connectivity index (χ4n) is 8.21. The number of rotatable bonds is 7. The van der Waals surface area contributed by atoms with Gasteiger partial charge >= 0.3 is 0 Å². The Hall–Kier alpha value is -4.27. The molecule has 8 heteroatoms. The van der Waals surface area contributed by atoms with Crippen LogP contribution in [0.2, 0.25) is 0 Å². The molecule has 0 saturated carbocycles. The number of aliphatic hydroxyl groups excluding tert-OH is 1. The minimum Gasteiger partial charge on any atom is -0.394 e. The van der Waals surface area contributed by atoms with Gasteiger partial charge in [0.05, 0.1) is 30.1 Å². The van der Waals surface area contributed by atoms with E-state index in [-0.39, 0.29) is 36.8 Å². The number of amides is 3. The van der Waals surface area contributed by atoms with Gasteiger partial charge in [0.1, 0.15) is 11.6 Å². The van der Waals surface area contributed by atoms with Gasteiger partial charge in [-0.25, -0.2) is 0 Å². The number of benzene rings is 3. The summed E-state index contributed by atoms with van der Waals surface area (Å²) in [6.45, 7) is 6.63. The number of aliphatic hydroxyl groups is 1. The third kappa shape index (κ3) is 4.61. The van der Waals surface area contributed by atoms with E-state index in [1.165, 1.54) is 0 Å². The van der Waals surface area contributed by atoms with E-state index >= 15 is 0 Å². The Morgan fingerprint density at radius 2 is 1.59 bits per heavy atom. The van der Waals surface area contributed by atoms with Crippen LogP contribution >= 0.6 is 0 Å². The van der Waals surface area contributed by atoms with Crippen molar-refractivity contribution in [3.63, 3.8) is 0 Å². The van der Waals surface area contributed by atoms with Gasteiger partial charge in [-0.05, 0) is 41.3 Å². The Balaban J connectivity index is 1.34. The average Bonchev–Trinajstić information content (AvgIpc) is 3.34. The van der Waals surface area contributed by atoms with Crippen LogP contribution in [-0.4, -0.2) is 75.6 Å². The molecule has 4 aliphatic rings. The van der Waals surface area contributed by atoms with Crippen LogP contribution in [0.5, 0.6) is 0 Å². The van der Waals surface area contributed by atoms with Crippen LogP contribution in [0.4, 0.5) is 5.69 Å². The quantitative estimate of drug-likeness (QED) is 0.387. The lowest BCUT2D eigenvalue weighted by Gasteiger charge is -2.41. The largest absolute Gasteiger partial charge is 0.394 e. The molecule has 4 aliphatic heterocycles. The predicted octanol–water partition coefficient (Wildman–Crippen LogP) is 4.72. The zero-order valence-corrected chi connectivity index (χ0v) is 26.6. The molecule has 7 rings (SSSR count). The van der Waals surface area contributed by atoms with E-state index in [1.54, 1.807) is 14.7 Å².